The molecular formula is C9H16NO6S2+. The van der Waals surface area contributed by atoms with E-state index in [-0.39, 0.29) is 6.61 Å². The first-order valence-corrected chi connectivity index (χ1v) is 6.92. The van der Waals surface area contributed by atoms with E-state index in [9.17, 15) is 8.42 Å². The lowest BCUT2D eigenvalue weighted by atomic mass is 10.5. The highest BCUT2D eigenvalue weighted by molar-refractivity contribution is 7.80. The lowest BCUT2D eigenvalue weighted by Gasteiger charge is -1.88. The van der Waals surface area contributed by atoms with E-state index in [1.165, 1.54) is 6.92 Å². The normalized spacial score (nSPS) is 9.28. The van der Waals surface area contributed by atoms with Gasteiger partial charge in [0.25, 0.3) is 0 Å². The average molecular weight is 298 g/mol. The van der Waals surface area contributed by atoms with Gasteiger partial charge >= 0.3 is 22.0 Å². The molecule has 0 aliphatic rings. The van der Waals surface area contributed by atoms with Gasteiger partial charge in [0, 0.05) is 12.1 Å². The van der Waals surface area contributed by atoms with Crippen LogP contribution < -0.4 is 4.57 Å². The van der Waals surface area contributed by atoms with E-state index in [0.717, 1.165) is 6.54 Å². The summed E-state index contributed by atoms with van der Waals surface area (Å²) in [4.78, 5) is 0. The van der Waals surface area contributed by atoms with Crippen LogP contribution in [0.2, 0.25) is 0 Å². The van der Waals surface area contributed by atoms with Gasteiger partial charge in [-0.05, 0) is 13.8 Å². The predicted molar refractivity (Wildman–Crippen MR) is 64.4 cm³/mol. The van der Waals surface area contributed by atoms with Crippen LogP contribution in [0.5, 0.6) is 0 Å². The molecule has 1 N–H and O–H groups in total. The van der Waals surface area contributed by atoms with Crippen LogP contribution in [-0.2, 0) is 32.7 Å². The zero-order chi connectivity index (χ0) is 14.4. The topological polar surface area (TPSA) is 102 Å². The summed E-state index contributed by atoms with van der Waals surface area (Å²) in [5.74, 6) is 0. The molecular weight excluding hydrogens is 282 g/mol. The molecule has 0 saturated heterocycles. The fourth-order valence-corrected chi connectivity index (χ4v) is 1.09. The first kappa shape index (κ1) is 19.2. The minimum Gasteiger partial charge on any atom is -0.264 e. The smallest absolute Gasteiger partial charge is 0.264 e. The maximum absolute atomic E-state index is 9.56. The standard InChI is InChI=1S/C7H10N.C2H6O4S.O2S/c1-2-8-6-4-3-5-7-8;1-2-6-7(3,4)5;1-3-2/h3-7H,2H2,1H3;2H2,1H3,(H,3,4,5);/q+1;;. The Kier molecular flexibility index (Phi) is 13.1. The molecule has 0 fully saturated rings. The fraction of sp³-hybridized carbons (Fsp3) is 0.444. The molecule has 7 nitrogen and oxygen atoms in total. The van der Waals surface area contributed by atoms with Crippen LogP contribution in [0.3, 0.4) is 0 Å². The molecule has 0 aliphatic heterocycles. The molecule has 0 saturated carbocycles. The van der Waals surface area contributed by atoms with Crippen LogP contribution in [0.15, 0.2) is 30.6 Å². The molecule has 0 aliphatic carbocycles. The lowest BCUT2D eigenvalue weighted by Crippen LogP contribution is -2.30. The van der Waals surface area contributed by atoms with Gasteiger partial charge in [-0.3, -0.25) is 4.55 Å². The van der Waals surface area contributed by atoms with E-state index >= 15 is 0 Å². The van der Waals surface area contributed by atoms with E-state index in [2.05, 4.69) is 28.1 Å². The molecule has 1 aromatic rings. The molecule has 0 unspecified atom stereocenters. The molecule has 0 aromatic carbocycles. The highest BCUT2D eigenvalue weighted by Crippen LogP contribution is 1.81. The van der Waals surface area contributed by atoms with Crippen molar-refractivity contribution in [2.24, 2.45) is 0 Å². The largest absolute Gasteiger partial charge is 0.397 e. The highest BCUT2D eigenvalue weighted by Gasteiger charge is 1.98. The zero-order valence-electron chi connectivity index (χ0n) is 10.1. The fourth-order valence-electron chi connectivity index (χ4n) is 0.794. The Balaban J connectivity index is 0. The molecule has 18 heavy (non-hydrogen) atoms. The highest BCUT2D eigenvalue weighted by atomic mass is 32.3. The number of pyridine rings is 1. The van der Waals surface area contributed by atoms with Crippen LogP contribution >= 0.6 is 0 Å². The second kappa shape index (κ2) is 12.3. The SMILES string of the molecule is CCOS(=O)(=O)O.CC[n+]1ccccc1.O=S=O. The maximum atomic E-state index is 9.56. The van der Waals surface area contributed by atoms with Gasteiger partial charge in [0.1, 0.15) is 6.54 Å². The van der Waals surface area contributed by atoms with Crippen molar-refractivity contribution in [3.63, 3.8) is 0 Å². The van der Waals surface area contributed by atoms with Crippen molar-refractivity contribution in [1.82, 2.24) is 0 Å². The number of hydrogen-bond acceptors (Lipinski definition) is 5. The van der Waals surface area contributed by atoms with Crippen molar-refractivity contribution in [2.45, 2.75) is 20.4 Å². The minimum atomic E-state index is -4.17. The number of aryl methyl sites for hydroxylation is 1. The summed E-state index contributed by atoms with van der Waals surface area (Å²) in [6.07, 6.45) is 4.11. The monoisotopic (exact) mass is 298 g/mol. The second-order valence-corrected chi connectivity index (χ2v) is 3.84. The number of aromatic nitrogens is 1. The third-order valence-corrected chi connectivity index (χ3v) is 1.94. The average Bonchev–Trinajstić information content (AvgIpc) is 2.30. The van der Waals surface area contributed by atoms with Gasteiger partial charge in [0.05, 0.1) is 6.61 Å². The van der Waals surface area contributed by atoms with Gasteiger partial charge in [-0.1, -0.05) is 6.07 Å². The van der Waals surface area contributed by atoms with Crippen LogP contribution in [-0.4, -0.2) is 28.0 Å². The van der Waals surface area contributed by atoms with Crippen molar-refractivity contribution < 1.29 is 30.1 Å². The van der Waals surface area contributed by atoms with Crippen molar-refractivity contribution in [3.8, 4) is 0 Å². The molecule has 104 valence electrons. The summed E-state index contributed by atoms with van der Waals surface area (Å²) in [7, 11) is -4.17. The Labute approximate surface area is 110 Å². The molecule has 0 atom stereocenters. The van der Waals surface area contributed by atoms with Crippen LogP contribution in [0, 0.1) is 0 Å². The predicted octanol–water partition coefficient (Wildman–Crippen LogP) is 0.149. The second-order valence-electron chi connectivity index (χ2n) is 2.61. The van der Waals surface area contributed by atoms with Gasteiger partial charge in [-0.25, -0.2) is 8.75 Å². The lowest BCUT2D eigenvalue weighted by molar-refractivity contribution is -0.693. The molecule has 0 amide bonds. The van der Waals surface area contributed by atoms with Crippen molar-refractivity contribution in [3.05, 3.63) is 30.6 Å². The Bertz CT molecular complexity index is 428. The summed E-state index contributed by atoms with van der Waals surface area (Å²) in [6, 6.07) is 6.08. The minimum absolute atomic E-state index is 0.0289. The van der Waals surface area contributed by atoms with E-state index in [0.29, 0.717) is 0 Å². The third-order valence-electron chi connectivity index (χ3n) is 1.41. The molecule has 0 bridgehead atoms. The van der Waals surface area contributed by atoms with Crippen molar-refractivity contribution in [1.29, 1.82) is 0 Å². The zero-order valence-corrected chi connectivity index (χ0v) is 11.7. The summed E-state index contributed by atoms with van der Waals surface area (Å²) in [6.45, 7) is 4.62. The molecule has 1 aromatic heterocycles. The summed E-state index contributed by atoms with van der Waals surface area (Å²) in [5, 5.41) is 0. The number of hydrogen-bond donors (Lipinski definition) is 1. The number of rotatable bonds is 3. The maximum Gasteiger partial charge on any atom is 0.397 e. The molecule has 0 spiro atoms. The Hall–Kier alpha value is -1.16. The Morgan fingerprint density at radius 3 is 1.78 bits per heavy atom. The third kappa shape index (κ3) is 17.2. The first-order chi connectivity index (χ1) is 8.41. The number of nitrogens with zero attached hydrogens (tertiary/aromatic N) is 1. The van der Waals surface area contributed by atoms with Crippen molar-refractivity contribution >= 4 is 22.0 Å². The summed E-state index contributed by atoms with van der Waals surface area (Å²) >= 11 is -0.750. The quantitative estimate of drug-likeness (QED) is 0.629. The van der Waals surface area contributed by atoms with E-state index in [4.69, 9.17) is 13.0 Å². The van der Waals surface area contributed by atoms with E-state index in [1.807, 2.05) is 18.2 Å². The van der Waals surface area contributed by atoms with Gasteiger partial charge < -0.3 is 0 Å². The molecule has 1 rings (SSSR count). The molecule has 1 heterocycles. The Morgan fingerprint density at radius 2 is 1.61 bits per heavy atom. The molecule has 9 heteroatoms. The molecule has 0 radical (unpaired) electrons. The summed E-state index contributed by atoms with van der Waals surface area (Å²) < 4.78 is 49.4. The first-order valence-electron chi connectivity index (χ1n) is 4.88. The van der Waals surface area contributed by atoms with Crippen LogP contribution in [0.4, 0.5) is 0 Å². The van der Waals surface area contributed by atoms with Crippen molar-refractivity contribution in [2.75, 3.05) is 6.61 Å². The van der Waals surface area contributed by atoms with E-state index in [1.54, 1.807) is 0 Å². The van der Waals surface area contributed by atoms with Gasteiger partial charge in [0.15, 0.2) is 12.4 Å². The van der Waals surface area contributed by atoms with Crippen LogP contribution in [0.25, 0.3) is 0 Å². The van der Waals surface area contributed by atoms with Crippen LogP contribution in [0.1, 0.15) is 13.8 Å². The van der Waals surface area contributed by atoms with Gasteiger partial charge in [0.2, 0.25) is 0 Å². The summed E-state index contributed by atoms with van der Waals surface area (Å²) in [5.41, 5.74) is 0. The van der Waals surface area contributed by atoms with Gasteiger partial charge in [-0.2, -0.15) is 16.8 Å². The Morgan fingerprint density at radius 1 is 1.17 bits per heavy atom. The van der Waals surface area contributed by atoms with E-state index < -0.39 is 22.0 Å². The van der Waals surface area contributed by atoms with Gasteiger partial charge in [-0.15, -0.1) is 0 Å².